The van der Waals surface area contributed by atoms with Crippen molar-refractivity contribution in [3.8, 4) is 5.75 Å². The molecule has 0 unspecified atom stereocenters. The number of methoxy groups -OCH3 is 2. The minimum absolute atomic E-state index is 0.0530. The number of Topliss-reactive ketones (excluding diaryl/α,β-unsaturated/α-hetero) is 1. The summed E-state index contributed by atoms with van der Waals surface area (Å²) in [4.78, 5) is 12.8. The number of carbonyl (C=O) groups excluding carboxylic acids is 1. The SMILES string of the molecule is CCCn1ncc(OC)c1C(=O)C(CC)(CC)OC. The molecular formula is C14H24N2O3. The molecule has 5 heteroatoms. The molecule has 0 spiro atoms. The minimum atomic E-state index is -0.793. The highest BCUT2D eigenvalue weighted by molar-refractivity contribution is 6.03. The fraction of sp³-hybridized carbons (Fsp3) is 0.714. The Labute approximate surface area is 114 Å². The van der Waals surface area contributed by atoms with Gasteiger partial charge in [-0.25, -0.2) is 0 Å². The van der Waals surface area contributed by atoms with Gasteiger partial charge in [0.25, 0.3) is 0 Å². The molecule has 0 aliphatic heterocycles. The van der Waals surface area contributed by atoms with Crippen LogP contribution in [0.1, 0.15) is 50.5 Å². The highest BCUT2D eigenvalue weighted by atomic mass is 16.5. The second-order valence-electron chi connectivity index (χ2n) is 4.52. The van der Waals surface area contributed by atoms with E-state index in [2.05, 4.69) is 5.10 Å². The van der Waals surface area contributed by atoms with Crippen LogP contribution in [0.15, 0.2) is 6.20 Å². The van der Waals surface area contributed by atoms with Gasteiger partial charge in [0.15, 0.2) is 5.75 Å². The van der Waals surface area contributed by atoms with Gasteiger partial charge in [-0.05, 0) is 19.3 Å². The molecule has 1 heterocycles. The van der Waals surface area contributed by atoms with Crippen molar-refractivity contribution < 1.29 is 14.3 Å². The van der Waals surface area contributed by atoms with E-state index in [0.29, 0.717) is 30.8 Å². The van der Waals surface area contributed by atoms with Crippen LogP contribution in [0, 0.1) is 0 Å². The van der Waals surface area contributed by atoms with Crippen molar-refractivity contribution in [2.75, 3.05) is 14.2 Å². The molecule has 0 atom stereocenters. The topological polar surface area (TPSA) is 53.4 Å². The summed E-state index contributed by atoms with van der Waals surface area (Å²) in [6.07, 6.45) is 3.75. The molecule has 1 rings (SSSR count). The van der Waals surface area contributed by atoms with Crippen LogP contribution in [-0.4, -0.2) is 35.4 Å². The predicted molar refractivity (Wildman–Crippen MR) is 73.7 cm³/mol. The number of carbonyl (C=O) groups is 1. The monoisotopic (exact) mass is 268 g/mol. The summed E-state index contributed by atoms with van der Waals surface area (Å²) in [5, 5.41) is 4.23. The zero-order valence-electron chi connectivity index (χ0n) is 12.5. The van der Waals surface area contributed by atoms with Crippen molar-refractivity contribution in [3.63, 3.8) is 0 Å². The van der Waals surface area contributed by atoms with Gasteiger partial charge in [0.1, 0.15) is 11.3 Å². The summed E-state index contributed by atoms with van der Waals surface area (Å²) in [5.74, 6) is 0.463. The van der Waals surface area contributed by atoms with Crippen LogP contribution in [0.4, 0.5) is 0 Å². The maximum absolute atomic E-state index is 12.8. The van der Waals surface area contributed by atoms with E-state index in [4.69, 9.17) is 9.47 Å². The first-order valence-corrected chi connectivity index (χ1v) is 6.79. The quantitative estimate of drug-likeness (QED) is 0.680. The first kappa shape index (κ1) is 15.7. The zero-order chi connectivity index (χ0) is 14.5. The average molecular weight is 268 g/mol. The number of aryl methyl sites for hydroxylation is 1. The Bertz CT molecular complexity index is 414. The summed E-state index contributed by atoms with van der Waals surface area (Å²) < 4.78 is 12.5. The molecule has 0 saturated heterocycles. The van der Waals surface area contributed by atoms with Gasteiger partial charge < -0.3 is 9.47 Å². The Kier molecular flexibility index (Phi) is 5.54. The van der Waals surface area contributed by atoms with Crippen molar-refractivity contribution in [2.45, 2.75) is 52.2 Å². The van der Waals surface area contributed by atoms with Crippen molar-refractivity contribution in [1.29, 1.82) is 0 Å². The summed E-state index contributed by atoms with van der Waals surface area (Å²) in [6, 6.07) is 0. The van der Waals surface area contributed by atoms with Gasteiger partial charge >= 0.3 is 0 Å². The molecule has 1 aromatic rings. The molecule has 0 amide bonds. The third-order valence-electron chi connectivity index (χ3n) is 3.62. The summed E-state index contributed by atoms with van der Waals surface area (Å²) in [7, 11) is 3.13. The molecule has 0 radical (unpaired) electrons. The Morgan fingerprint density at radius 2 is 1.95 bits per heavy atom. The fourth-order valence-corrected chi connectivity index (χ4v) is 2.30. The lowest BCUT2D eigenvalue weighted by Gasteiger charge is -2.28. The molecule has 0 fully saturated rings. The third kappa shape index (κ3) is 2.81. The maximum atomic E-state index is 12.8. The Balaban J connectivity index is 3.26. The Hall–Kier alpha value is -1.36. The first-order valence-electron chi connectivity index (χ1n) is 6.79. The van der Waals surface area contributed by atoms with Crippen molar-refractivity contribution in [1.82, 2.24) is 9.78 Å². The number of nitrogens with zero attached hydrogens (tertiary/aromatic N) is 2. The van der Waals surface area contributed by atoms with E-state index < -0.39 is 5.60 Å². The van der Waals surface area contributed by atoms with Gasteiger partial charge in [-0.2, -0.15) is 5.10 Å². The van der Waals surface area contributed by atoms with Crippen LogP contribution in [-0.2, 0) is 11.3 Å². The standard InChI is InChI=1S/C14H24N2O3/c1-6-9-16-12(11(18-4)10-15-16)13(17)14(7-2,8-3)19-5/h10H,6-9H2,1-5H3. The lowest BCUT2D eigenvalue weighted by Crippen LogP contribution is -2.41. The van der Waals surface area contributed by atoms with Gasteiger partial charge in [0.05, 0.1) is 13.3 Å². The van der Waals surface area contributed by atoms with E-state index in [-0.39, 0.29) is 5.78 Å². The zero-order valence-corrected chi connectivity index (χ0v) is 12.5. The van der Waals surface area contributed by atoms with Gasteiger partial charge in [0, 0.05) is 13.7 Å². The normalized spacial score (nSPS) is 11.6. The van der Waals surface area contributed by atoms with Crippen LogP contribution in [0.25, 0.3) is 0 Å². The smallest absolute Gasteiger partial charge is 0.216 e. The van der Waals surface area contributed by atoms with Gasteiger partial charge in [-0.1, -0.05) is 20.8 Å². The predicted octanol–water partition coefficient (Wildman–Crippen LogP) is 2.69. The van der Waals surface area contributed by atoms with E-state index in [1.54, 1.807) is 25.1 Å². The summed E-state index contributed by atoms with van der Waals surface area (Å²) >= 11 is 0. The van der Waals surface area contributed by atoms with E-state index in [1.807, 2.05) is 20.8 Å². The van der Waals surface area contributed by atoms with E-state index in [0.717, 1.165) is 6.42 Å². The second-order valence-corrected chi connectivity index (χ2v) is 4.52. The Morgan fingerprint density at radius 1 is 1.32 bits per heavy atom. The maximum Gasteiger partial charge on any atom is 0.216 e. The number of hydrogen-bond donors (Lipinski definition) is 0. The number of aromatic nitrogens is 2. The van der Waals surface area contributed by atoms with Gasteiger partial charge in [0.2, 0.25) is 5.78 Å². The largest absolute Gasteiger partial charge is 0.493 e. The molecular weight excluding hydrogens is 244 g/mol. The number of hydrogen-bond acceptors (Lipinski definition) is 4. The van der Waals surface area contributed by atoms with E-state index >= 15 is 0 Å². The number of ether oxygens (including phenoxy) is 2. The van der Waals surface area contributed by atoms with E-state index in [9.17, 15) is 4.79 Å². The lowest BCUT2D eigenvalue weighted by molar-refractivity contribution is -0.00366. The van der Waals surface area contributed by atoms with Gasteiger partial charge in [-0.15, -0.1) is 0 Å². The molecule has 0 aliphatic rings. The van der Waals surface area contributed by atoms with Crippen LogP contribution < -0.4 is 4.74 Å². The lowest BCUT2D eigenvalue weighted by atomic mass is 9.89. The highest BCUT2D eigenvalue weighted by Crippen LogP contribution is 2.29. The van der Waals surface area contributed by atoms with Crippen molar-refractivity contribution in [3.05, 3.63) is 11.9 Å². The summed E-state index contributed by atoms with van der Waals surface area (Å²) in [6.45, 7) is 6.65. The fourth-order valence-electron chi connectivity index (χ4n) is 2.30. The molecule has 1 aromatic heterocycles. The van der Waals surface area contributed by atoms with Gasteiger partial charge in [-0.3, -0.25) is 9.48 Å². The van der Waals surface area contributed by atoms with E-state index in [1.165, 1.54) is 0 Å². The summed E-state index contributed by atoms with van der Waals surface area (Å²) in [5.41, 5.74) is -0.284. The third-order valence-corrected chi connectivity index (χ3v) is 3.62. The molecule has 0 bridgehead atoms. The molecule has 0 aromatic carbocycles. The molecule has 19 heavy (non-hydrogen) atoms. The van der Waals surface area contributed by atoms with Crippen LogP contribution >= 0.6 is 0 Å². The first-order chi connectivity index (χ1) is 9.10. The highest BCUT2D eigenvalue weighted by Gasteiger charge is 2.39. The second kappa shape index (κ2) is 6.70. The minimum Gasteiger partial charge on any atom is -0.493 e. The molecule has 108 valence electrons. The molecule has 0 saturated carbocycles. The molecule has 0 N–H and O–H groups in total. The van der Waals surface area contributed by atoms with Crippen LogP contribution in [0.2, 0.25) is 0 Å². The Morgan fingerprint density at radius 3 is 2.37 bits per heavy atom. The number of rotatable bonds is 8. The van der Waals surface area contributed by atoms with Crippen LogP contribution in [0.5, 0.6) is 5.75 Å². The number of ketones is 1. The average Bonchev–Trinajstić information content (AvgIpc) is 2.84. The van der Waals surface area contributed by atoms with Crippen molar-refractivity contribution in [2.24, 2.45) is 0 Å². The van der Waals surface area contributed by atoms with Crippen LogP contribution in [0.3, 0.4) is 0 Å². The molecule has 0 aliphatic carbocycles. The van der Waals surface area contributed by atoms with Crippen molar-refractivity contribution >= 4 is 5.78 Å². The molecule has 5 nitrogen and oxygen atoms in total.